The summed E-state index contributed by atoms with van der Waals surface area (Å²) in [5.41, 5.74) is 0. The molecule has 5 heteroatoms. The lowest BCUT2D eigenvalue weighted by atomic mass is 10.3. The number of amides is 1. The standard InChI is InChI=1S/C8H10ClNOS2/c1-10(8(11)12)5-4-6-2-3-7(9)13-6/h2-3H,4-5H2,1H3,(H,11,12). The zero-order chi connectivity index (χ0) is 9.84. The fourth-order valence-electron chi connectivity index (χ4n) is 0.860. The van der Waals surface area contributed by atoms with Crippen LogP contribution in [0.15, 0.2) is 12.1 Å². The molecule has 13 heavy (non-hydrogen) atoms. The van der Waals surface area contributed by atoms with Crippen molar-refractivity contribution in [1.29, 1.82) is 0 Å². The van der Waals surface area contributed by atoms with Gasteiger partial charge in [0.2, 0.25) is 0 Å². The lowest BCUT2D eigenvalue weighted by Crippen LogP contribution is -2.23. The van der Waals surface area contributed by atoms with Crippen LogP contribution in [0.25, 0.3) is 0 Å². The first kappa shape index (κ1) is 10.9. The van der Waals surface area contributed by atoms with Gasteiger partial charge in [0.25, 0.3) is 5.24 Å². The van der Waals surface area contributed by atoms with Crippen LogP contribution in [-0.2, 0) is 6.42 Å². The van der Waals surface area contributed by atoms with Crippen LogP contribution in [-0.4, -0.2) is 23.7 Å². The van der Waals surface area contributed by atoms with Crippen LogP contribution in [0.5, 0.6) is 0 Å². The third-order valence-electron chi connectivity index (χ3n) is 1.65. The van der Waals surface area contributed by atoms with E-state index in [0.717, 1.165) is 10.8 Å². The van der Waals surface area contributed by atoms with Crippen molar-refractivity contribution in [1.82, 2.24) is 4.90 Å². The molecule has 0 aliphatic rings. The summed E-state index contributed by atoms with van der Waals surface area (Å²) in [5.74, 6) is 0. The van der Waals surface area contributed by atoms with E-state index in [2.05, 4.69) is 12.6 Å². The number of thiophene rings is 1. The Morgan fingerprint density at radius 2 is 2.38 bits per heavy atom. The smallest absolute Gasteiger partial charge is 0.278 e. The number of halogens is 1. The fourth-order valence-corrected chi connectivity index (χ4v) is 2.04. The highest BCUT2D eigenvalue weighted by atomic mass is 35.5. The number of nitrogens with zero attached hydrogens (tertiary/aromatic N) is 1. The zero-order valence-corrected chi connectivity index (χ0v) is 9.62. The first-order chi connectivity index (χ1) is 6.09. The van der Waals surface area contributed by atoms with Crippen molar-refractivity contribution >= 4 is 40.8 Å². The van der Waals surface area contributed by atoms with Crippen LogP contribution in [0, 0.1) is 0 Å². The molecule has 0 unspecified atom stereocenters. The first-order valence-electron chi connectivity index (χ1n) is 3.78. The van der Waals surface area contributed by atoms with Crippen molar-refractivity contribution in [3.05, 3.63) is 21.3 Å². The zero-order valence-electron chi connectivity index (χ0n) is 7.16. The minimum atomic E-state index is -0.206. The molecule has 0 radical (unpaired) electrons. The Bertz CT molecular complexity index is 300. The van der Waals surface area contributed by atoms with E-state index >= 15 is 0 Å². The average molecular weight is 236 g/mol. The fraction of sp³-hybridized carbons (Fsp3) is 0.375. The Morgan fingerprint density at radius 1 is 1.69 bits per heavy atom. The van der Waals surface area contributed by atoms with E-state index in [1.165, 1.54) is 4.88 Å². The Hall–Kier alpha value is -0.190. The van der Waals surface area contributed by atoms with Crippen molar-refractivity contribution in [2.24, 2.45) is 0 Å². The molecule has 0 fully saturated rings. The second-order valence-corrected chi connectivity index (χ2v) is 4.84. The molecule has 0 aliphatic heterocycles. The number of likely N-dealkylation sites (N-methyl/N-ethyl adjacent to an activating group) is 1. The minimum absolute atomic E-state index is 0.206. The molecule has 1 rings (SSSR count). The summed E-state index contributed by atoms with van der Waals surface area (Å²) in [6.45, 7) is 0.680. The highest BCUT2D eigenvalue weighted by Gasteiger charge is 2.04. The van der Waals surface area contributed by atoms with Crippen LogP contribution >= 0.6 is 35.6 Å². The van der Waals surface area contributed by atoms with E-state index in [-0.39, 0.29) is 5.24 Å². The van der Waals surface area contributed by atoms with Crippen LogP contribution in [0.1, 0.15) is 4.88 Å². The van der Waals surface area contributed by atoms with E-state index in [1.54, 1.807) is 23.3 Å². The molecule has 0 bridgehead atoms. The number of thiol groups is 1. The summed E-state index contributed by atoms with van der Waals surface area (Å²) in [4.78, 5) is 13.5. The van der Waals surface area contributed by atoms with Gasteiger partial charge in [-0.1, -0.05) is 24.2 Å². The molecule has 1 aromatic rings. The predicted molar refractivity (Wildman–Crippen MR) is 60.0 cm³/mol. The van der Waals surface area contributed by atoms with Crippen LogP contribution < -0.4 is 0 Å². The quantitative estimate of drug-likeness (QED) is 0.799. The second-order valence-electron chi connectivity index (χ2n) is 2.66. The summed E-state index contributed by atoms with van der Waals surface area (Å²) in [7, 11) is 1.73. The monoisotopic (exact) mass is 235 g/mol. The Balaban J connectivity index is 2.39. The van der Waals surface area contributed by atoms with Gasteiger partial charge in [0.1, 0.15) is 0 Å². The minimum Gasteiger partial charge on any atom is -0.337 e. The molecular formula is C8H10ClNOS2. The molecule has 0 saturated heterocycles. The van der Waals surface area contributed by atoms with Crippen LogP contribution in [0.4, 0.5) is 4.79 Å². The van der Waals surface area contributed by atoms with E-state index in [9.17, 15) is 4.79 Å². The Labute approximate surface area is 91.9 Å². The van der Waals surface area contributed by atoms with E-state index < -0.39 is 0 Å². The normalized spacial score (nSPS) is 10.1. The number of hydrogen-bond donors (Lipinski definition) is 1. The first-order valence-corrected chi connectivity index (χ1v) is 5.42. The maximum absolute atomic E-state index is 10.7. The molecule has 0 aromatic carbocycles. The van der Waals surface area contributed by atoms with Gasteiger partial charge < -0.3 is 4.90 Å². The van der Waals surface area contributed by atoms with E-state index in [0.29, 0.717) is 6.54 Å². The molecule has 0 atom stereocenters. The number of rotatable bonds is 3. The second kappa shape index (κ2) is 4.88. The van der Waals surface area contributed by atoms with Crippen molar-refractivity contribution < 1.29 is 4.79 Å². The number of carbonyl (C=O) groups is 1. The molecule has 1 heterocycles. The highest BCUT2D eigenvalue weighted by Crippen LogP contribution is 2.21. The summed E-state index contributed by atoms with van der Waals surface area (Å²) >= 11 is 11.0. The molecule has 1 aromatic heterocycles. The van der Waals surface area contributed by atoms with Gasteiger partial charge in [0.05, 0.1) is 4.34 Å². The van der Waals surface area contributed by atoms with Crippen LogP contribution in [0.3, 0.4) is 0 Å². The molecular weight excluding hydrogens is 226 g/mol. The van der Waals surface area contributed by atoms with Crippen LogP contribution in [0.2, 0.25) is 4.34 Å². The number of carbonyl (C=O) groups excluding carboxylic acids is 1. The Kier molecular flexibility index (Phi) is 4.09. The van der Waals surface area contributed by atoms with Gasteiger partial charge in [-0.05, 0) is 18.6 Å². The molecule has 0 aliphatic carbocycles. The summed E-state index contributed by atoms with van der Waals surface area (Å²) < 4.78 is 0.787. The SMILES string of the molecule is CN(CCc1ccc(Cl)s1)C(=O)S. The van der Waals surface area contributed by atoms with Gasteiger partial charge in [-0.2, -0.15) is 0 Å². The third kappa shape index (κ3) is 3.58. The molecule has 72 valence electrons. The van der Waals surface area contributed by atoms with Gasteiger partial charge in [-0.25, -0.2) is 0 Å². The molecule has 1 amide bonds. The Morgan fingerprint density at radius 3 is 2.85 bits per heavy atom. The lowest BCUT2D eigenvalue weighted by molar-refractivity contribution is 0.234. The summed E-state index contributed by atoms with van der Waals surface area (Å²) in [5, 5.41) is -0.206. The number of hydrogen-bond acceptors (Lipinski definition) is 2. The maximum Gasteiger partial charge on any atom is 0.278 e. The van der Waals surface area contributed by atoms with E-state index in [4.69, 9.17) is 11.6 Å². The maximum atomic E-state index is 10.7. The van der Waals surface area contributed by atoms with E-state index in [1.807, 2.05) is 12.1 Å². The molecule has 2 nitrogen and oxygen atoms in total. The average Bonchev–Trinajstić information content (AvgIpc) is 2.47. The van der Waals surface area contributed by atoms with Gasteiger partial charge in [0, 0.05) is 18.5 Å². The predicted octanol–water partition coefficient (Wildman–Crippen LogP) is 2.93. The van der Waals surface area contributed by atoms with Crippen molar-refractivity contribution in [2.75, 3.05) is 13.6 Å². The third-order valence-corrected chi connectivity index (χ3v) is 3.28. The molecule has 0 saturated carbocycles. The largest absolute Gasteiger partial charge is 0.337 e. The molecule has 0 spiro atoms. The van der Waals surface area contributed by atoms with Crippen molar-refractivity contribution in [3.63, 3.8) is 0 Å². The van der Waals surface area contributed by atoms with Gasteiger partial charge in [0.15, 0.2) is 0 Å². The van der Waals surface area contributed by atoms with Gasteiger partial charge in [-0.3, -0.25) is 4.79 Å². The van der Waals surface area contributed by atoms with Crippen molar-refractivity contribution in [2.45, 2.75) is 6.42 Å². The lowest BCUT2D eigenvalue weighted by Gasteiger charge is -2.12. The van der Waals surface area contributed by atoms with Crippen molar-refractivity contribution in [3.8, 4) is 0 Å². The highest BCUT2D eigenvalue weighted by molar-refractivity contribution is 7.96. The molecule has 0 N–H and O–H groups in total. The van der Waals surface area contributed by atoms with Gasteiger partial charge in [-0.15, -0.1) is 11.3 Å². The summed E-state index contributed by atoms with van der Waals surface area (Å²) in [6.07, 6.45) is 0.834. The van der Waals surface area contributed by atoms with Gasteiger partial charge >= 0.3 is 0 Å². The topological polar surface area (TPSA) is 20.3 Å². The summed E-state index contributed by atoms with van der Waals surface area (Å²) in [6, 6.07) is 3.84.